The first-order valence-corrected chi connectivity index (χ1v) is 8.66. The molecule has 0 bridgehead atoms. The third kappa shape index (κ3) is 7.21. The lowest BCUT2D eigenvalue weighted by molar-refractivity contribution is -0.153. The van der Waals surface area contributed by atoms with Crippen molar-refractivity contribution in [2.45, 2.75) is 38.0 Å². The number of rotatable bonds is 7. The molecule has 1 aliphatic heterocycles. The molecule has 8 heteroatoms. The SMILES string of the molecule is CN(CC(=O)O)C1CCCN(Cc2cccc(OCC(F)(F)F)c2)CC1. The van der Waals surface area contributed by atoms with Crippen molar-refractivity contribution >= 4 is 5.97 Å². The second-order valence-corrected chi connectivity index (χ2v) is 6.72. The number of carboxylic acid groups (broad SMARTS) is 1. The molecule has 1 fully saturated rings. The van der Waals surface area contributed by atoms with Gasteiger partial charge >= 0.3 is 12.1 Å². The topological polar surface area (TPSA) is 53.0 Å². The predicted octanol–water partition coefficient (Wildman–Crippen LogP) is 3.00. The van der Waals surface area contributed by atoms with E-state index in [0.29, 0.717) is 6.54 Å². The number of carboxylic acids is 1. The van der Waals surface area contributed by atoms with Gasteiger partial charge in [0.25, 0.3) is 0 Å². The molecular weight excluding hydrogens is 349 g/mol. The van der Waals surface area contributed by atoms with E-state index in [4.69, 9.17) is 9.84 Å². The number of likely N-dealkylation sites (tertiary alicyclic amines) is 1. The number of nitrogens with zero attached hydrogens (tertiary/aromatic N) is 2. The molecule has 26 heavy (non-hydrogen) atoms. The second-order valence-electron chi connectivity index (χ2n) is 6.72. The van der Waals surface area contributed by atoms with Crippen molar-refractivity contribution in [1.82, 2.24) is 9.80 Å². The summed E-state index contributed by atoms with van der Waals surface area (Å²) in [7, 11) is 1.83. The Morgan fingerprint density at radius 3 is 2.81 bits per heavy atom. The van der Waals surface area contributed by atoms with E-state index < -0.39 is 18.8 Å². The zero-order valence-corrected chi connectivity index (χ0v) is 14.8. The molecule has 5 nitrogen and oxygen atoms in total. The highest BCUT2D eigenvalue weighted by Gasteiger charge is 2.28. The molecule has 1 aromatic rings. The second kappa shape index (κ2) is 9.23. The van der Waals surface area contributed by atoms with Gasteiger partial charge < -0.3 is 9.84 Å². The highest BCUT2D eigenvalue weighted by atomic mass is 19.4. The number of alkyl halides is 3. The molecule has 0 radical (unpaired) electrons. The normalized spacial score (nSPS) is 19.3. The van der Waals surface area contributed by atoms with Crippen LogP contribution in [0.15, 0.2) is 24.3 Å². The van der Waals surface area contributed by atoms with Crippen LogP contribution in [0.3, 0.4) is 0 Å². The summed E-state index contributed by atoms with van der Waals surface area (Å²) in [6, 6.07) is 6.97. The Kier molecular flexibility index (Phi) is 7.28. The molecule has 0 saturated carbocycles. The summed E-state index contributed by atoms with van der Waals surface area (Å²) in [5.41, 5.74) is 0.905. The Balaban J connectivity index is 1.88. The van der Waals surface area contributed by atoms with Crippen LogP contribution in [0.1, 0.15) is 24.8 Å². The van der Waals surface area contributed by atoms with Crippen LogP contribution in [-0.4, -0.2) is 66.4 Å². The molecule has 1 N–H and O–H groups in total. The number of aliphatic carboxylic acids is 1. The smallest absolute Gasteiger partial charge is 0.422 e. The van der Waals surface area contributed by atoms with Crippen LogP contribution in [-0.2, 0) is 11.3 Å². The maximum absolute atomic E-state index is 12.3. The first-order valence-electron chi connectivity index (χ1n) is 8.66. The lowest BCUT2D eigenvalue weighted by atomic mass is 10.1. The molecule has 1 aromatic carbocycles. The Bertz CT molecular complexity index is 595. The summed E-state index contributed by atoms with van der Waals surface area (Å²) < 4.78 is 41.6. The molecule has 1 aliphatic rings. The number of halogens is 3. The predicted molar refractivity (Wildman–Crippen MR) is 91.2 cm³/mol. The first-order chi connectivity index (χ1) is 12.2. The summed E-state index contributed by atoms with van der Waals surface area (Å²) in [6.45, 7) is 1.08. The van der Waals surface area contributed by atoms with Crippen LogP contribution in [0, 0.1) is 0 Å². The number of hydrogen-bond acceptors (Lipinski definition) is 4. The Hall–Kier alpha value is -1.80. The highest BCUT2D eigenvalue weighted by molar-refractivity contribution is 5.69. The summed E-state index contributed by atoms with van der Waals surface area (Å²) in [4.78, 5) is 15.0. The van der Waals surface area contributed by atoms with Gasteiger partial charge in [-0.15, -0.1) is 0 Å². The molecular formula is C18H25F3N2O3. The molecule has 1 saturated heterocycles. The Morgan fingerprint density at radius 2 is 2.12 bits per heavy atom. The molecule has 0 aromatic heterocycles. The van der Waals surface area contributed by atoms with Gasteiger partial charge in [0.05, 0.1) is 6.54 Å². The number of benzene rings is 1. The fourth-order valence-electron chi connectivity index (χ4n) is 3.24. The largest absolute Gasteiger partial charge is 0.484 e. The number of carbonyl (C=O) groups is 1. The van der Waals surface area contributed by atoms with Gasteiger partial charge in [-0.3, -0.25) is 14.6 Å². The number of likely N-dealkylation sites (N-methyl/N-ethyl adjacent to an activating group) is 1. The number of hydrogen-bond donors (Lipinski definition) is 1. The quantitative estimate of drug-likeness (QED) is 0.795. The molecule has 2 rings (SSSR count). The molecule has 0 spiro atoms. The fraction of sp³-hybridized carbons (Fsp3) is 0.611. The molecule has 0 aliphatic carbocycles. The van der Waals surface area contributed by atoms with Gasteiger partial charge in [-0.25, -0.2) is 0 Å². The maximum atomic E-state index is 12.3. The van der Waals surface area contributed by atoms with E-state index in [1.807, 2.05) is 18.0 Å². The standard InChI is InChI=1S/C18H25F3N2O3/c1-22(12-17(24)25)15-5-3-8-23(9-7-15)11-14-4-2-6-16(10-14)26-13-18(19,20)21/h2,4,6,10,15H,3,5,7-9,11-13H2,1H3,(H,24,25). The maximum Gasteiger partial charge on any atom is 0.422 e. The van der Waals surface area contributed by atoms with Gasteiger partial charge in [-0.1, -0.05) is 12.1 Å². The summed E-state index contributed by atoms with van der Waals surface area (Å²) in [6.07, 6.45) is -1.58. The molecule has 0 amide bonds. The van der Waals surface area contributed by atoms with E-state index in [1.54, 1.807) is 12.1 Å². The average Bonchev–Trinajstić information content (AvgIpc) is 2.78. The van der Waals surface area contributed by atoms with Crippen LogP contribution in [0.5, 0.6) is 5.75 Å². The zero-order valence-electron chi connectivity index (χ0n) is 14.8. The third-order valence-corrected chi connectivity index (χ3v) is 4.51. The van der Waals surface area contributed by atoms with E-state index in [9.17, 15) is 18.0 Å². The van der Waals surface area contributed by atoms with Crippen molar-refractivity contribution in [3.8, 4) is 5.75 Å². The van der Waals surface area contributed by atoms with Crippen LogP contribution in [0.2, 0.25) is 0 Å². The highest BCUT2D eigenvalue weighted by Crippen LogP contribution is 2.21. The zero-order chi connectivity index (χ0) is 19.2. The lowest BCUT2D eigenvalue weighted by Crippen LogP contribution is -2.36. The first kappa shape index (κ1) is 20.5. The Labute approximate surface area is 151 Å². The molecule has 1 heterocycles. The molecule has 1 atom stereocenters. The summed E-state index contributed by atoms with van der Waals surface area (Å²) >= 11 is 0. The molecule has 1 unspecified atom stereocenters. The van der Waals surface area contributed by atoms with Crippen LogP contribution < -0.4 is 4.74 Å². The van der Waals surface area contributed by atoms with Crippen molar-refractivity contribution in [3.63, 3.8) is 0 Å². The van der Waals surface area contributed by atoms with Gasteiger partial charge in [0, 0.05) is 12.6 Å². The van der Waals surface area contributed by atoms with E-state index in [0.717, 1.165) is 37.9 Å². The third-order valence-electron chi connectivity index (χ3n) is 4.51. The minimum absolute atomic E-state index is 0.0310. The minimum atomic E-state index is -4.35. The lowest BCUT2D eigenvalue weighted by Gasteiger charge is -2.25. The van der Waals surface area contributed by atoms with E-state index in [-0.39, 0.29) is 18.3 Å². The van der Waals surface area contributed by atoms with Gasteiger partial charge in [0.15, 0.2) is 6.61 Å². The monoisotopic (exact) mass is 374 g/mol. The van der Waals surface area contributed by atoms with Crippen molar-refractivity contribution < 1.29 is 27.8 Å². The van der Waals surface area contributed by atoms with Gasteiger partial charge in [-0.2, -0.15) is 13.2 Å². The van der Waals surface area contributed by atoms with Gasteiger partial charge in [-0.05, 0) is 57.1 Å². The van der Waals surface area contributed by atoms with Crippen molar-refractivity contribution in [3.05, 3.63) is 29.8 Å². The van der Waals surface area contributed by atoms with Gasteiger partial charge in [0.1, 0.15) is 5.75 Å². The van der Waals surface area contributed by atoms with E-state index in [1.165, 1.54) is 6.07 Å². The van der Waals surface area contributed by atoms with Crippen molar-refractivity contribution in [1.29, 1.82) is 0 Å². The van der Waals surface area contributed by atoms with Crippen molar-refractivity contribution in [2.75, 3.05) is 33.3 Å². The van der Waals surface area contributed by atoms with Crippen LogP contribution >= 0.6 is 0 Å². The summed E-state index contributed by atoms with van der Waals surface area (Å²) in [5, 5.41) is 8.92. The van der Waals surface area contributed by atoms with Crippen molar-refractivity contribution in [2.24, 2.45) is 0 Å². The van der Waals surface area contributed by atoms with Crippen LogP contribution in [0.4, 0.5) is 13.2 Å². The fourth-order valence-corrected chi connectivity index (χ4v) is 3.24. The van der Waals surface area contributed by atoms with Crippen LogP contribution in [0.25, 0.3) is 0 Å². The molecule has 146 valence electrons. The van der Waals surface area contributed by atoms with E-state index in [2.05, 4.69) is 4.90 Å². The summed E-state index contributed by atoms with van der Waals surface area (Å²) in [5.74, 6) is -0.613. The Morgan fingerprint density at radius 1 is 1.35 bits per heavy atom. The van der Waals surface area contributed by atoms with E-state index >= 15 is 0 Å². The number of ether oxygens (including phenoxy) is 1. The minimum Gasteiger partial charge on any atom is -0.484 e. The average molecular weight is 374 g/mol. The van der Waals surface area contributed by atoms with Gasteiger partial charge in [0.2, 0.25) is 0 Å².